The molecule has 6 heteroatoms. The number of nitrogens with one attached hydrogen (secondary N) is 2. The van der Waals surface area contributed by atoms with E-state index in [-0.39, 0.29) is 5.54 Å². The molecule has 0 saturated heterocycles. The average molecular weight is 311 g/mol. The summed E-state index contributed by atoms with van der Waals surface area (Å²) in [5.74, 6) is 0. The standard InChI is InChI=1S/C15H25N3O2S/c1-16-11-13-6-4-7-14(10-13)21(19,20)17-12-15(18(2)3)8-5-9-15/h4,6-7,10,16-17H,5,8-9,11-12H2,1-3H3. The highest BCUT2D eigenvalue weighted by Gasteiger charge is 2.39. The third-order valence-electron chi connectivity index (χ3n) is 4.41. The first kappa shape index (κ1) is 16.4. The van der Waals surface area contributed by atoms with Crippen LogP contribution in [0.15, 0.2) is 29.2 Å². The Labute approximate surface area is 127 Å². The van der Waals surface area contributed by atoms with Crippen molar-refractivity contribution in [3.8, 4) is 0 Å². The topological polar surface area (TPSA) is 61.4 Å². The van der Waals surface area contributed by atoms with E-state index >= 15 is 0 Å². The predicted octanol–water partition coefficient (Wildman–Crippen LogP) is 1.17. The molecule has 2 N–H and O–H groups in total. The Morgan fingerprint density at radius 3 is 2.52 bits per heavy atom. The Kier molecular flexibility index (Phi) is 5.03. The summed E-state index contributed by atoms with van der Waals surface area (Å²) in [6, 6.07) is 7.07. The fraction of sp³-hybridized carbons (Fsp3) is 0.600. The summed E-state index contributed by atoms with van der Waals surface area (Å²) in [6.45, 7) is 1.13. The molecule has 5 nitrogen and oxygen atoms in total. The van der Waals surface area contributed by atoms with E-state index in [0.717, 1.165) is 24.8 Å². The molecule has 1 fully saturated rings. The van der Waals surface area contributed by atoms with Crippen LogP contribution in [0.3, 0.4) is 0 Å². The molecule has 0 atom stereocenters. The SMILES string of the molecule is CNCc1cccc(S(=O)(=O)NCC2(N(C)C)CCC2)c1. The molecule has 1 aliphatic rings. The summed E-state index contributed by atoms with van der Waals surface area (Å²) >= 11 is 0. The molecule has 21 heavy (non-hydrogen) atoms. The summed E-state index contributed by atoms with van der Waals surface area (Å²) in [5.41, 5.74) is 0.946. The van der Waals surface area contributed by atoms with Gasteiger partial charge in [-0.3, -0.25) is 0 Å². The van der Waals surface area contributed by atoms with E-state index in [4.69, 9.17) is 0 Å². The molecule has 0 spiro atoms. The van der Waals surface area contributed by atoms with E-state index in [2.05, 4.69) is 14.9 Å². The molecular weight excluding hydrogens is 286 g/mol. The zero-order valence-electron chi connectivity index (χ0n) is 13.0. The van der Waals surface area contributed by atoms with Gasteiger partial charge < -0.3 is 10.2 Å². The van der Waals surface area contributed by atoms with E-state index in [9.17, 15) is 8.42 Å². The van der Waals surface area contributed by atoms with E-state index < -0.39 is 10.0 Å². The maximum absolute atomic E-state index is 12.4. The lowest BCUT2D eigenvalue weighted by Crippen LogP contribution is -2.57. The molecule has 0 radical (unpaired) electrons. The first-order valence-electron chi connectivity index (χ1n) is 7.30. The molecule has 1 aliphatic carbocycles. The van der Waals surface area contributed by atoms with Crippen molar-refractivity contribution in [2.45, 2.75) is 36.2 Å². The fourth-order valence-electron chi connectivity index (χ4n) is 2.71. The molecule has 2 rings (SSSR count). The van der Waals surface area contributed by atoms with Crippen LogP contribution in [-0.4, -0.2) is 46.5 Å². The van der Waals surface area contributed by atoms with Crippen molar-refractivity contribution in [2.75, 3.05) is 27.7 Å². The molecule has 0 heterocycles. The molecule has 1 aromatic carbocycles. The van der Waals surface area contributed by atoms with Gasteiger partial charge in [0.2, 0.25) is 10.0 Å². The quantitative estimate of drug-likeness (QED) is 0.793. The second kappa shape index (κ2) is 6.44. The predicted molar refractivity (Wildman–Crippen MR) is 84.7 cm³/mol. The number of nitrogens with zero attached hydrogens (tertiary/aromatic N) is 1. The number of hydrogen-bond acceptors (Lipinski definition) is 4. The van der Waals surface area contributed by atoms with Gasteiger partial charge in [0, 0.05) is 18.6 Å². The molecule has 118 valence electrons. The zero-order valence-corrected chi connectivity index (χ0v) is 13.8. The number of sulfonamides is 1. The van der Waals surface area contributed by atoms with Crippen LogP contribution in [0.5, 0.6) is 0 Å². The van der Waals surface area contributed by atoms with Crippen molar-refractivity contribution >= 4 is 10.0 Å². The van der Waals surface area contributed by atoms with Gasteiger partial charge in [0.15, 0.2) is 0 Å². The van der Waals surface area contributed by atoms with Crippen molar-refractivity contribution < 1.29 is 8.42 Å². The normalized spacial score (nSPS) is 17.7. The molecule has 1 saturated carbocycles. The summed E-state index contributed by atoms with van der Waals surface area (Å²) < 4.78 is 27.7. The van der Waals surface area contributed by atoms with Crippen molar-refractivity contribution in [1.82, 2.24) is 14.9 Å². The Morgan fingerprint density at radius 2 is 2.00 bits per heavy atom. The first-order chi connectivity index (χ1) is 9.89. The fourth-order valence-corrected chi connectivity index (χ4v) is 3.90. The molecule has 0 unspecified atom stereocenters. The molecular formula is C15H25N3O2S. The van der Waals surface area contributed by atoms with E-state index in [0.29, 0.717) is 18.0 Å². The summed E-state index contributed by atoms with van der Waals surface area (Å²) in [7, 11) is 2.43. The maximum Gasteiger partial charge on any atom is 0.240 e. The van der Waals surface area contributed by atoms with Crippen LogP contribution < -0.4 is 10.0 Å². The molecule has 0 aliphatic heterocycles. The summed E-state index contributed by atoms with van der Waals surface area (Å²) in [4.78, 5) is 2.47. The van der Waals surface area contributed by atoms with E-state index in [1.165, 1.54) is 0 Å². The van der Waals surface area contributed by atoms with Gasteiger partial charge in [0.1, 0.15) is 0 Å². The largest absolute Gasteiger partial charge is 0.316 e. The van der Waals surface area contributed by atoms with Crippen LogP contribution in [0.1, 0.15) is 24.8 Å². The minimum absolute atomic E-state index is 0.0182. The number of benzene rings is 1. The second-order valence-electron chi connectivity index (χ2n) is 5.97. The lowest BCUT2D eigenvalue weighted by atomic mass is 9.76. The average Bonchev–Trinajstić information content (AvgIpc) is 2.37. The van der Waals surface area contributed by atoms with Crippen LogP contribution >= 0.6 is 0 Å². The van der Waals surface area contributed by atoms with Crippen LogP contribution in [0, 0.1) is 0 Å². The van der Waals surface area contributed by atoms with E-state index in [1.807, 2.05) is 27.2 Å². The number of rotatable bonds is 7. The Bertz CT molecular complexity index is 580. The highest BCUT2D eigenvalue weighted by molar-refractivity contribution is 7.89. The van der Waals surface area contributed by atoms with Crippen LogP contribution in [0.25, 0.3) is 0 Å². The minimum atomic E-state index is -3.45. The number of likely N-dealkylation sites (N-methyl/N-ethyl adjacent to an activating group) is 1. The van der Waals surface area contributed by atoms with Gasteiger partial charge in [-0.1, -0.05) is 12.1 Å². The van der Waals surface area contributed by atoms with Gasteiger partial charge in [0.25, 0.3) is 0 Å². The number of hydrogen-bond donors (Lipinski definition) is 2. The zero-order chi connectivity index (χ0) is 15.5. The van der Waals surface area contributed by atoms with Crippen molar-refractivity contribution in [2.24, 2.45) is 0 Å². The molecule has 0 aromatic heterocycles. The van der Waals surface area contributed by atoms with Crippen molar-refractivity contribution in [3.63, 3.8) is 0 Å². The third kappa shape index (κ3) is 3.63. The lowest BCUT2D eigenvalue weighted by Gasteiger charge is -2.47. The van der Waals surface area contributed by atoms with Crippen LogP contribution in [-0.2, 0) is 16.6 Å². The van der Waals surface area contributed by atoms with Gasteiger partial charge >= 0.3 is 0 Å². The lowest BCUT2D eigenvalue weighted by molar-refractivity contribution is 0.0657. The van der Waals surface area contributed by atoms with Gasteiger partial charge in [-0.15, -0.1) is 0 Å². The Hall–Kier alpha value is -0.950. The highest BCUT2D eigenvalue weighted by Crippen LogP contribution is 2.35. The van der Waals surface area contributed by atoms with Crippen molar-refractivity contribution in [1.29, 1.82) is 0 Å². The smallest absolute Gasteiger partial charge is 0.240 e. The van der Waals surface area contributed by atoms with Gasteiger partial charge in [-0.25, -0.2) is 13.1 Å². The van der Waals surface area contributed by atoms with Crippen LogP contribution in [0.4, 0.5) is 0 Å². The van der Waals surface area contributed by atoms with Crippen molar-refractivity contribution in [3.05, 3.63) is 29.8 Å². The second-order valence-corrected chi connectivity index (χ2v) is 7.74. The van der Waals surface area contributed by atoms with Gasteiger partial charge in [-0.05, 0) is 58.1 Å². The minimum Gasteiger partial charge on any atom is -0.316 e. The van der Waals surface area contributed by atoms with Gasteiger partial charge in [-0.2, -0.15) is 0 Å². The Balaban J connectivity index is 2.09. The third-order valence-corrected chi connectivity index (χ3v) is 5.81. The monoisotopic (exact) mass is 311 g/mol. The maximum atomic E-state index is 12.4. The summed E-state index contributed by atoms with van der Waals surface area (Å²) in [5, 5.41) is 3.03. The molecule has 0 bridgehead atoms. The van der Waals surface area contributed by atoms with E-state index in [1.54, 1.807) is 18.2 Å². The Morgan fingerprint density at radius 1 is 1.29 bits per heavy atom. The highest BCUT2D eigenvalue weighted by atomic mass is 32.2. The van der Waals surface area contributed by atoms with Crippen LogP contribution in [0.2, 0.25) is 0 Å². The summed E-state index contributed by atoms with van der Waals surface area (Å²) in [6.07, 6.45) is 3.25. The first-order valence-corrected chi connectivity index (χ1v) is 8.79. The molecule has 1 aromatic rings. The molecule has 0 amide bonds. The van der Waals surface area contributed by atoms with Gasteiger partial charge in [0.05, 0.1) is 4.90 Å².